The van der Waals surface area contributed by atoms with Crippen molar-refractivity contribution >= 4 is 0 Å². The summed E-state index contributed by atoms with van der Waals surface area (Å²) in [4.78, 5) is 0. The lowest BCUT2D eigenvalue weighted by molar-refractivity contribution is -0.104. The summed E-state index contributed by atoms with van der Waals surface area (Å²) in [5.41, 5.74) is 0. The standard InChI is InChI=1S/C8H14O4/c1-10-5-7-8(11-2)6(9)3-4-12-7/h3-4,6-9H,5H2,1-2H3/t6-,7-,8-/m1/s1. The Bertz CT molecular complexity index is 157. The van der Waals surface area contributed by atoms with Crippen molar-refractivity contribution < 1.29 is 19.3 Å². The fourth-order valence-corrected chi connectivity index (χ4v) is 1.22. The first-order valence-corrected chi connectivity index (χ1v) is 3.81. The van der Waals surface area contributed by atoms with E-state index in [0.29, 0.717) is 6.61 Å². The second-order valence-corrected chi connectivity index (χ2v) is 2.65. The van der Waals surface area contributed by atoms with Crippen molar-refractivity contribution in [3.63, 3.8) is 0 Å². The van der Waals surface area contributed by atoms with Gasteiger partial charge in [0.2, 0.25) is 0 Å². The maximum atomic E-state index is 9.42. The summed E-state index contributed by atoms with van der Waals surface area (Å²) in [5.74, 6) is 0. The van der Waals surface area contributed by atoms with Gasteiger partial charge in [-0.05, 0) is 6.08 Å². The molecule has 70 valence electrons. The Labute approximate surface area is 71.7 Å². The summed E-state index contributed by atoms with van der Waals surface area (Å²) in [6.07, 6.45) is 1.86. The van der Waals surface area contributed by atoms with E-state index in [1.54, 1.807) is 20.3 Å². The minimum atomic E-state index is -0.608. The van der Waals surface area contributed by atoms with Crippen LogP contribution in [0.5, 0.6) is 0 Å². The molecule has 0 aromatic rings. The number of rotatable bonds is 3. The third-order valence-corrected chi connectivity index (χ3v) is 1.84. The van der Waals surface area contributed by atoms with E-state index in [1.807, 2.05) is 0 Å². The summed E-state index contributed by atoms with van der Waals surface area (Å²) in [6, 6.07) is 0. The molecule has 0 spiro atoms. The SMILES string of the molecule is COC[C@H]1OC=C[C@@H](O)[C@H]1OC. The fourth-order valence-electron chi connectivity index (χ4n) is 1.22. The molecule has 1 aliphatic rings. The molecule has 1 N–H and O–H groups in total. The highest BCUT2D eigenvalue weighted by Crippen LogP contribution is 2.15. The molecule has 4 nitrogen and oxygen atoms in total. The third-order valence-electron chi connectivity index (χ3n) is 1.84. The molecule has 0 aliphatic carbocycles. The van der Waals surface area contributed by atoms with Crippen LogP contribution in [0.15, 0.2) is 12.3 Å². The molecule has 0 aromatic heterocycles. The van der Waals surface area contributed by atoms with Crippen LogP contribution in [0.2, 0.25) is 0 Å². The predicted octanol–water partition coefficient (Wildman–Crippen LogP) is -0.0788. The first-order valence-electron chi connectivity index (χ1n) is 3.81. The van der Waals surface area contributed by atoms with Gasteiger partial charge in [-0.15, -0.1) is 0 Å². The van der Waals surface area contributed by atoms with E-state index in [-0.39, 0.29) is 12.2 Å². The van der Waals surface area contributed by atoms with E-state index in [4.69, 9.17) is 14.2 Å². The average Bonchev–Trinajstić information content (AvgIpc) is 2.05. The van der Waals surface area contributed by atoms with Crippen LogP contribution in [0.4, 0.5) is 0 Å². The molecule has 0 bridgehead atoms. The molecule has 0 radical (unpaired) electrons. The van der Waals surface area contributed by atoms with E-state index in [1.165, 1.54) is 6.26 Å². The van der Waals surface area contributed by atoms with Gasteiger partial charge in [-0.25, -0.2) is 0 Å². The van der Waals surface area contributed by atoms with Crippen molar-refractivity contribution in [3.05, 3.63) is 12.3 Å². The lowest BCUT2D eigenvalue weighted by Gasteiger charge is -2.30. The normalized spacial score (nSPS) is 34.8. The first kappa shape index (κ1) is 9.51. The molecule has 0 unspecified atom stereocenters. The predicted molar refractivity (Wildman–Crippen MR) is 42.7 cm³/mol. The van der Waals surface area contributed by atoms with E-state index in [9.17, 15) is 5.11 Å². The van der Waals surface area contributed by atoms with Gasteiger partial charge in [-0.2, -0.15) is 0 Å². The Hall–Kier alpha value is -0.580. The van der Waals surface area contributed by atoms with E-state index in [2.05, 4.69) is 0 Å². The molecule has 3 atom stereocenters. The van der Waals surface area contributed by atoms with Crippen molar-refractivity contribution in [1.29, 1.82) is 0 Å². The largest absolute Gasteiger partial charge is 0.493 e. The van der Waals surface area contributed by atoms with Crippen molar-refractivity contribution in [2.45, 2.75) is 18.3 Å². The lowest BCUT2D eigenvalue weighted by atomic mass is 10.1. The average molecular weight is 174 g/mol. The maximum absolute atomic E-state index is 9.42. The van der Waals surface area contributed by atoms with Crippen LogP contribution in [0.25, 0.3) is 0 Å². The number of aliphatic hydroxyl groups excluding tert-OH is 1. The molecule has 0 aromatic carbocycles. The van der Waals surface area contributed by atoms with E-state index >= 15 is 0 Å². The number of hydrogen-bond donors (Lipinski definition) is 1. The highest BCUT2D eigenvalue weighted by Gasteiger charge is 2.30. The van der Waals surface area contributed by atoms with Crippen LogP contribution in [0.1, 0.15) is 0 Å². The Morgan fingerprint density at radius 3 is 2.83 bits per heavy atom. The van der Waals surface area contributed by atoms with Crippen LogP contribution >= 0.6 is 0 Å². The number of methoxy groups -OCH3 is 2. The summed E-state index contributed by atoms with van der Waals surface area (Å²) in [5, 5.41) is 9.42. The molecule has 1 heterocycles. The summed E-state index contributed by atoms with van der Waals surface area (Å²) in [7, 11) is 3.12. The van der Waals surface area contributed by atoms with Gasteiger partial charge < -0.3 is 19.3 Å². The Morgan fingerprint density at radius 2 is 2.25 bits per heavy atom. The third kappa shape index (κ3) is 1.97. The van der Waals surface area contributed by atoms with Gasteiger partial charge in [0.25, 0.3) is 0 Å². The number of hydrogen-bond acceptors (Lipinski definition) is 4. The number of aliphatic hydroxyl groups is 1. The number of ether oxygens (including phenoxy) is 3. The van der Waals surface area contributed by atoms with Gasteiger partial charge >= 0.3 is 0 Å². The molecule has 1 rings (SSSR count). The van der Waals surface area contributed by atoms with Crippen molar-refractivity contribution in [2.24, 2.45) is 0 Å². The molecular formula is C8H14O4. The van der Waals surface area contributed by atoms with Gasteiger partial charge in [0.1, 0.15) is 18.3 Å². The van der Waals surface area contributed by atoms with E-state index in [0.717, 1.165) is 0 Å². The van der Waals surface area contributed by atoms with Crippen molar-refractivity contribution in [3.8, 4) is 0 Å². The van der Waals surface area contributed by atoms with Crippen LogP contribution < -0.4 is 0 Å². The zero-order valence-electron chi connectivity index (χ0n) is 7.27. The van der Waals surface area contributed by atoms with Crippen LogP contribution in [0, 0.1) is 0 Å². The van der Waals surface area contributed by atoms with Crippen molar-refractivity contribution in [2.75, 3.05) is 20.8 Å². The Kier molecular flexibility index (Phi) is 3.52. The van der Waals surface area contributed by atoms with Gasteiger partial charge in [-0.1, -0.05) is 0 Å². The van der Waals surface area contributed by atoms with Gasteiger partial charge in [0.15, 0.2) is 0 Å². The molecule has 0 saturated carbocycles. The van der Waals surface area contributed by atoms with Crippen LogP contribution in [-0.2, 0) is 14.2 Å². The summed E-state index contributed by atoms with van der Waals surface area (Å²) >= 11 is 0. The first-order chi connectivity index (χ1) is 5.79. The monoisotopic (exact) mass is 174 g/mol. The van der Waals surface area contributed by atoms with Gasteiger partial charge in [-0.3, -0.25) is 0 Å². The molecule has 4 heteroatoms. The zero-order valence-corrected chi connectivity index (χ0v) is 7.27. The van der Waals surface area contributed by atoms with Gasteiger partial charge in [0, 0.05) is 14.2 Å². The molecule has 0 amide bonds. The van der Waals surface area contributed by atoms with Crippen LogP contribution in [0.3, 0.4) is 0 Å². The Morgan fingerprint density at radius 1 is 1.50 bits per heavy atom. The second-order valence-electron chi connectivity index (χ2n) is 2.65. The molecule has 0 fully saturated rings. The molecule has 12 heavy (non-hydrogen) atoms. The highest BCUT2D eigenvalue weighted by molar-refractivity contribution is 4.97. The summed E-state index contributed by atoms with van der Waals surface area (Å²) < 4.78 is 15.2. The topological polar surface area (TPSA) is 47.9 Å². The minimum absolute atomic E-state index is 0.222. The maximum Gasteiger partial charge on any atom is 0.150 e. The van der Waals surface area contributed by atoms with Crippen LogP contribution in [-0.4, -0.2) is 44.2 Å². The van der Waals surface area contributed by atoms with Crippen molar-refractivity contribution in [1.82, 2.24) is 0 Å². The quantitative estimate of drug-likeness (QED) is 0.650. The summed E-state index contributed by atoms with van der Waals surface area (Å²) in [6.45, 7) is 0.417. The smallest absolute Gasteiger partial charge is 0.150 e. The molecular weight excluding hydrogens is 160 g/mol. The minimum Gasteiger partial charge on any atom is -0.493 e. The highest BCUT2D eigenvalue weighted by atomic mass is 16.6. The lowest BCUT2D eigenvalue weighted by Crippen LogP contribution is -2.43. The van der Waals surface area contributed by atoms with E-state index < -0.39 is 6.10 Å². The Balaban J connectivity index is 2.54. The van der Waals surface area contributed by atoms with Gasteiger partial charge in [0.05, 0.1) is 12.9 Å². The molecule has 0 saturated heterocycles. The fraction of sp³-hybridized carbons (Fsp3) is 0.750. The molecule has 1 aliphatic heterocycles. The zero-order chi connectivity index (χ0) is 8.97. The second kappa shape index (κ2) is 4.45.